The summed E-state index contributed by atoms with van der Waals surface area (Å²) < 4.78 is 5.87. The fourth-order valence-electron chi connectivity index (χ4n) is 2.01. The second-order valence-electron chi connectivity index (χ2n) is 4.54. The number of nitrogens with zero attached hydrogens (tertiary/aromatic N) is 2. The monoisotopic (exact) mass is 339 g/mol. The smallest absolute Gasteiger partial charge is 0.368 e. The van der Waals surface area contributed by atoms with Gasteiger partial charge in [-0.05, 0) is 24.6 Å². The van der Waals surface area contributed by atoms with Crippen LogP contribution in [0.3, 0.4) is 0 Å². The minimum absolute atomic E-state index is 0.122. The van der Waals surface area contributed by atoms with Crippen molar-refractivity contribution >= 4 is 36.4 Å². The lowest BCUT2D eigenvalue weighted by molar-refractivity contribution is 0.0757. The minimum Gasteiger partial charge on any atom is -0.390 e. The topological polar surface area (TPSA) is 73.2 Å². The fraction of sp³-hybridized carbons (Fsp3) is 0.214. The second kappa shape index (κ2) is 6.85. The maximum atomic E-state index is 11.8. The van der Waals surface area contributed by atoms with Gasteiger partial charge in [-0.15, -0.1) is 0 Å². The van der Waals surface area contributed by atoms with E-state index >= 15 is 0 Å². The molecule has 116 valence electrons. The van der Waals surface area contributed by atoms with Crippen LogP contribution in [-0.4, -0.2) is 28.7 Å². The summed E-state index contributed by atoms with van der Waals surface area (Å²) in [7, 11) is 1.49. The van der Waals surface area contributed by atoms with Crippen molar-refractivity contribution in [2.24, 2.45) is 0 Å². The van der Waals surface area contributed by atoms with E-state index in [9.17, 15) is 9.59 Å². The van der Waals surface area contributed by atoms with Gasteiger partial charge in [-0.25, -0.2) is 4.79 Å². The maximum absolute atomic E-state index is 11.8. The molecular formula is C14H14ClN3O3S. The van der Waals surface area contributed by atoms with Crippen molar-refractivity contribution in [1.29, 1.82) is 0 Å². The van der Waals surface area contributed by atoms with Crippen LogP contribution in [0.15, 0.2) is 30.3 Å². The molecule has 6 nitrogen and oxygen atoms in total. The number of hydrogen-bond donors (Lipinski definition) is 2. The number of hydrogen-bond acceptors (Lipinski definition) is 5. The van der Waals surface area contributed by atoms with Crippen molar-refractivity contribution in [3.63, 3.8) is 0 Å². The molecule has 1 heterocycles. The number of aromatic nitrogens is 2. The highest BCUT2D eigenvalue weighted by atomic mass is 35.5. The molecule has 0 spiro atoms. The van der Waals surface area contributed by atoms with Crippen molar-refractivity contribution in [3.8, 4) is 0 Å². The summed E-state index contributed by atoms with van der Waals surface area (Å²) in [6.07, 6.45) is 0. The quantitative estimate of drug-likeness (QED) is 0.663. The zero-order chi connectivity index (χ0) is 16.3. The molecular weight excluding hydrogens is 326 g/mol. The Balaban J connectivity index is 2.47. The largest absolute Gasteiger partial charge is 0.390 e. The zero-order valence-electron chi connectivity index (χ0n) is 11.9. The van der Waals surface area contributed by atoms with Crippen molar-refractivity contribution in [1.82, 2.24) is 15.1 Å². The summed E-state index contributed by atoms with van der Waals surface area (Å²) in [6.45, 7) is 1.85. The lowest BCUT2D eigenvalue weighted by Gasteiger charge is -2.15. The van der Waals surface area contributed by atoms with E-state index in [0.717, 1.165) is 5.56 Å². The minimum atomic E-state index is -0.688. The molecule has 1 N–H and O–H groups in total. The zero-order valence-corrected chi connectivity index (χ0v) is 13.6. The molecule has 0 aliphatic rings. The van der Waals surface area contributed by atoms with E-state index in [1.165, 1.54) is 17.8 Å². The third kappa shape index (κ3) is 3.26. The van der Waals surface area contributed by atoms with E-state index in [0.29, 0.717) is 5.02 Å². The van der Waals surface area contributed by atoms with Crippen LogP contribution in [0, 0.1) is 0 Å². The van der Waals surface area contributed by atoms with E-state index in [2.05, 4.69) is 27.5 Å². The predicted octanol–water partition coefficient (Wildman–Crippen LogP) is 2.51. The summed E-state index contributed by atoms with van der Waals surface area (Å²) in [6, 6.07) is 8.20. The van der Waals surface area contributed by atoms with Crippen LogP contribution < -0.4 is 5.32 Å². The molecule has 2 rings (SSSR count). The number of nitrogens with one attached hydrogen (secondary N) is 1. The second-order valence-corrected chi connectivity index (χ2v) is 5.16. The first-order valence-electron chi connectivity index (χ1n) is 6.40. The summed E-state index contributed by atoms with van der Waals surface area (Å²) in [5, 5.41) is 7.26. The number of benzene rings is 1. The first-order chi connectivity index (χ1) is 10.5. The Morgan fingerprint density at radius 2 is 2.00 bits per heavy atom. The van der Waals surface area contributed by atoms with Crippen LogP contribution in [0.25, 0.3) is 0 Å². The first kappa shape index (κ1) is 16.4. The molecule has 1 atom stereocenters. The number of carbonyl (C=O) groups is 2. The van der Waals surface area contributed by atoms with Gasteiger partial charge in [0.15, 0.2) is 5.69 Å². The van der Waals surface area contributed by atoms with Crippen molar-refractivity contribution in [2.75, 3.05) is 7.05 Å². The van der Waals surface area contributed by atoms with E-state index in [-0.39, 0.29) is 17.4 Å². The summed E-state index contributed by atoms with van der Waals surface area (Å²) in [5.41, 5.74) is 1.14. The Labute approximate surface area is 138 Å². The molecule has 0 fully saturated rings. The number of rotatable bonds is 4. The molecule has 1 aromatic heterocycles. The molecule has 1 aromatic carbocycles. The van der Waals surface area contributed by atoms with Gasteiger partial charge < -0.3 is 9.50 Å². The summed E-state index contributed by atoms with van der Waals surface area (Å²) in [5.74, 6) is -1.08. The van der Waals surface area contributed by atoms with Gasteiger partial charge in [0, 0.05) is 31.0 Å². The summed E-state index contributed by atoms with van der Waals surface area (Å²) in [4.78, 5) is 23.6. The molecule has 2 aromatic rings. The number of amides is 1. The highest BCUT2D eigenvalue weighted by Crippen LogP contribution is 2.22. The van der Waals surface area contributed by atoms with Gasteiger partial charge in [0.1, 0.15) is 5.69 Å². The van der Waals surface area contributed by atoms with E-state index < -0.39 is 11.9 Å². The molecule has 8 heteroatoms. The van der Waals surface area contributed by atoms with Crippen LogP contribution >= 0.6 is 24.5 Å². The Bertz CT molecular complexity index is 700. The van der Waals surface area contributed by atoms with Crippen LogP contribution in [-0.2, 0) is 4.18 Å². The Kier molecular flexibility index (Phi) is 5.10. The van der Waals surface area contributed by atoms with E-state index in [4.69, 9.17) is 11.6 Å². The molecule has 0 aliphatic heterocycles. The fourth-order valence-corrected chi connectivity index (χ4v) is 2.23. The van der Waals surface area contributed by atoms with Gasteiger partial charge >= 0.3 is 5.97 Å². The Morgan fingerprint density at radius 3 is 2.55 bits per heavy atom. The van der Waals surface area contributed by atoms with Crippen LogP contribution in [0.4, 0.5) is 0 Å². The third-order valence-electron chi connectivity index (χ3n) is 3.21. The third-order valence-corrected chi connectivity index (χ3v) is 3.62. The molecule has 22 heavy (non-hydrogen) atoms. The molecule has 0 aliphatic carbocycles. The lowest BCUT2D eigenvalue weighted by atomic mass is 10.1. The van der Waals surface area contributed by atoms with E-state index in [1.807, 2.05) is 19.1 Å². The van der Waals surface area contributed by atoms with Crippen molar-refractivity contribution in [2.45, 2.75) is 13.0 Å². The molecule has 1 unspecified atom stereocenters. The van der Waals surface area contributed by atoms with Crippen molar-refractivity contribution in [3.05, 3.63) is 52.3 Å². The van der Waals surface area contributed by atoms with Gasteiger partial charge in [-0.2, -0.15) is 5.10 Å². The Morgan fingerprint density at radius 1 is 1.36 bits per heavy atom. The van der Waals surface area contributed by atoms with Crippen molar-refractivity contribution < 1.29 is 13.8 Å². The lowest BCUT2D eigenvalue weighted by Crippen LogP contribution is -2.19. The van der Waals surface area contributed by atoms with Crippen LogP contribution in [0.1, 0.15) is 39.5 Å². The highest BCUT2D eigenvalue weighted by Gasteiger charge is 2.23. The number of thiol groups is 1. The average molecular weight is 340 g/mol. The normalized spacial score (nSPS) is 11.8. The first-order valence-corrected chi connectivity index (χ1v) is 7.15. The Hall–Kier alpha value is -1.99. The summed E-state index contributed by atoms with van der Waals surface area (Å²) >= 11 is 9.39. The molecule has 1 amide bonds. The molecule has 0 bridgehead atoms. The SMILES string of the molecule is CNC(=O)c1cc(C(=O)OS)n(C(C)c2ccc(Cl)cc2)n1. The van der Waals surface area contributed by atoms with Gasteiger partial charge in [0.05, 0.1) is 6.04 Å². The van der Waals surface area contributed by atoms with Gasteiger partial charge in [0.2, 0.25) is 0 Å². The van der Waals surface area contributed by atoms with Gasteiger partial charge in [0.25, 0.3) is 5.91 Å². The van der Waals surface area contributed by atoms with Gasteiger partial charge in [-0.3, -0.25) is 9.48 Å². The average Bonchev–Trinajstić information content (AvgIpc) is 2.98. The number of halogens is 1. The number of carbonyl (C=O) groups excluding carboxylic acids is 2. The highest BCUT2D eigenvalue weighted by molar-refractivity contribution is 7.75. The maximum Gasteiger partial charge on any atom is 0.368 e. The van der Waals surface area contributed by atoms with Crippen LogP contribution in [0.5, 0.6) is 0 Å². The van der Waals surface area contributed by atoms with E-state index in [1.54, 1.807) is 12.1 Å². The molecule has 0 radical (unpaired) electrons. The van der Waals surface area contributed by atoms with Gasteiger partial charge in [-0.1, -0.05) is 23.7 Å². The predicted molar refractivity (Wildman–Crippen MR) is 85.3 cm³/mol. The van der Waals surface area contributed by atoms with Crippen LogP contribution in [0.2, 0.25) is 5.02 Å². The molecule has 0 saturated heterocycles. The molecule has 0 saturated carbocycles. The standard InChI is InChI=1S/C14H14ClN3O3S/c1-8(9-3-5-10(15)6-4-9)18-12(14(20)21-22)7-11(17-18)13(19)16-2/h3-8,22H,1-2H3,(H,16,19).